The van der Waals surface area contributed by atoms with Crippen LogP contribution in [0.25, 0.3) is 0 Å². The Labute approximate surface area is 104 Å². The van der Waals surface area contributed by atoms with Crippen LogP contribution < -0.4 is 5.48 Å². The van der Waals surface area contributed by atoms with E-state index in [0.29, 0.717) is 12.8 Å². The molecule has 0 unspecified atom stereocenters. The number of carbonyl (C=O) groups is 2. The van der Waals surface area contributed by atoms with E-state index in [0.717, 1.165) is 12.8 Å². The fourth-order valence-electron chi connectivity index (χ4n) is 1.72. The summed E-state index contributed by atoms with van der Waals surface area (Å²) in [6, 6.07) is 0. The summed E-state index contributed by atoms with van der Waals surface area (Å²) in [5, 5.41) is 0. The van der Waals surface area contributed by atoms with E-state index in [1.54, 1.807) is 0 Å². The van der Waals surface area contributed by atoms with Gasteiger partial charge in [-0.2, -0.15) is 5.48 Å². The maximum atomic E-state index is 11.0. The Balaban J connectivity index is 3.07. The third-order valence-corrected chi connectivity index (χ3v) is 2.71. The van der Waals surface area contributed by atoms with Gasteiger partial charge in [0.25, 0.3) is 0 Å². The molecule has 0 aliphatic heterocycles. The number of amides is 1. The molecule has 0 atom stereocenters. The topological polar surface area (TPSA) is 55.4 Å². The van der Waals surface area contributed by atoms with E-state index in [1.165, 1.54) is 44.9 Å². The lowest BCUT2D eigenvalue weighted by Crippen LogP contribution is -2.17. The van der Waals surface area contributed by atoms with Crippen LogP contribution >= 0.6 is 0 Å². The van der Waals surface area contributed by atoms with E-state index in [1.807, 2.05) is 5.48 Å². The van der Waals surface area contributed by atoms with Crippen molar-refractivity contribution in [3.05, 3.63) is 0 Å². The molecule has 0 radical (unpaired) electrons. The van der Waals surface area contributed by atoms with Crippen molar-refractivity contribution in [3.63, 3.8) is 0 Å². The monoisotopic (exact) mass is 243 g/mol. The zero-order valence-corrected chi connectivity index (χ0v) is 10.9. The average Bonchev–Trinajstić information content (AvgIpc) is 2.34. The standard InChI is InChI=1S/C13H25NO3/c1-2-3-4-5-6-7-8-9-10-11-13(16)17-14-12-15/h12H,2-11H2,1H3,(H,14,15). The number of unbranched alkanes of at least 4 members (excludes halogenated alkanes) is 8. The van der Waals surface area contributed by atoms with Gasteiger partial charge in [0.15, 0.2) is 0 Å². The zero-order valence-electron chi connectivity index (χ0n) is 10.9. The molecule has 0 heterocycles. The van der Waals surface area contributed by atoms with Crippen molar-refractivity contribution in [1.82, 2.24) is 5.48 Å². The van der Waals surface area contributed by atoms with E-state index in [9.17, 15) is 9.59 Å². The van der Waals surface area contributed by atoms with E-state index in [4.69, 9.17) is 0 Å². The van der Waals surface area contributed by atoms with E-state index in [2.05, 4.69) is 11.8 Å². The second kappa shape index (κ2) is 13.0. The van der Waals surface area contributed by atoms with Gasteiger partial charge in [0.05, 0.1) is 0 Å². The normalized spacial score (nSPS) is 9.94. The molecule has 0 fully saturated rings. The van der Waals surface area contributed by atoms with Gasteiger partial charge in [0.1, 0.15) is 0 Å². The molecule has 0 saturated heterocycles. The SMILES string of the molecule is CCCCCCCCCCCC(=O)ONC=O. The molecule has 0 aromatic heterocycles. The molecule has 0 aromatic carbocycles. The van der Waals surface area contributed by atoms with Crippen molar-refractivity contribution in [2.75, 3.05) is 0 Å². The van der Waals surface area contributed by atoms with Crippen LogP contribution in [0.5, 0.6) is 0 Å². The van der Waals surface area contributed by atoms with Crippen molar-refractivity contribution in [3.8, 4) is 0 Å². The predicted octanol–water partition coefficient (Wildman–Crippen LogP) is 3.11. The molecule has 0 bridgehead atoms. The fourth-order valence-corrected chi connectivity index (χ4v) is 1.72. The molecular formula is C13H25NO3. The first kappa shape index (κ1) is 15.9. The summed E-state index contributed by atoms with van der Waals surface area (Å²) in [5.41, 5.74) is 1.90. The highest BCUT2D eigenvalue weighted by molar-refractivity contribution is 5.69. The van der Waals surface area contributed by atoms with Gasteiger partial charge in [-0.1, -0.05) is 58.3 Å². The van der Waals surface area contributed by atoms with Crippen LogP contribution in [0.1, 0.15) is 71.1 Å². The quantitative estimate of drug-likeness (QED) is 0.325. The Morgan fingerprint density at radius 1 is 1.00 bits per heavy atom. The van der Waals surface area contributed by atoms with Crippen molar-refractivity contribution in [2.45, 2.75) is 71.1 Å². The predicted molar refractivity (Wildman–Crippen MR) is 67.1 cm³/mol. The molecule has 1 N–H and O–H groups in total. The first-order valence-electron chi connectivity index (χ1n) is 6.70. The first-order chi connectivity index (χ1) is 8.31. The minimum Gasteiger partial charge on any atom is -0.341 e. The number of rotatable bonds is 12. The molecule has 17 heavy (non-hydrogen) atoms. The number of nitrogens with one attached hydrogen (secondary N) is 1. The molecule has 4 heteroatoms. The summed E-state index contributed by atoms with van der Waals surface area (Å²) < 4.78 is 0. The number of hydrogen-bond donors (Lipinski definition) is 1. The third-order valence-electron chi connectivity index (χ3n) is 2.71. The van der Waals surface area contributed by atoms with Crippen molar-refractivity contribution in [1.29, 1.82) is 0 Å². The lowest BCUT2D eigenvalue weighted by molar-refractivity contribution is -0.154. The van der Waals surface area contributed by atoms with Gasteiger partial charge in [-0.3, -0.25) is 4.79 Å². The summed E-state index contributed by atoms with van der Waals surface area (Å²) in [5.74, 6) is -0.361. The number of hydrogen-bond acceptors (Lipinski definition) is 3. The summed E-state index contributed by atoms with van der Waals surface area (Å²) in [7, 11) is 0. The van der Waals surface area contributed by atoms with Gasteiger partial charge in [-0.05, 0) is 6.42 Å². The second-order valence-corrected chi connectivity index (χ2v) is 4.29. The minimum atomic E-state index is -0.361. The lowest BCUT2D eigenvalue weighted by Gasteiger charge is -2.02. The fraction of sp³-hybridized carbons (Fsp3) is 0.846. The summed E-state index contributed by atoms with van der Waals surface area (Å²) in [6.07, 6.45) is 11.7. The Kier molecular flexibility index (Phi) is 12.2. The maximum Gasteiger partial charge on any atom is 0.332 e. The maximum absolute atomic E-state index is 11.0. The van der Waals surface area contributed by atoms with Crippen LogP contribution in [-0.4, -0.2) is 12.4 Å². The van der Waals surface area contributed by atoms with Crippen LogP contribution in [-0.2, 0) is 14.4 Å². The number of hydroxylamine groups is 1. The highest BCUT2D eigenvalue weighted by Crippen LogP contribution is 2.10. The summed E-state index contributed by atoms with van der Waals surface area (Å²) in [6.45, 7) is 2.22. The first-order valence-corrected chi connectivity index (χ1v) is 6.70. The van der Waals surface area contributed by atoms with Gasteiger partial charge in [-0.25, -0.2) is 4.79 Å². The van der Waals surface area contributed by atoms with Crippen LogP contribution in [0.3, 0.4) is 0 Å². The molecule has 0 spiro atoms. The molecule has 0 aliphatic rings. The van der Waals surface area contributed by atoms with E-state index >= 15 is 0 Å². The Hall–Kier alpha value is -1.06. The Morgan fingerprint density at radius 2 is 1.53 bits per heavy atom. The van der Waals surface area contributed by atoms with Crippen molar-refractivity contribution in [2.24, 2.45) is 0 Å². The van der Waals surface area contributed by atoms with Gasteiger partial charge in [0.2, 0.25) is 6.41 Å². The van der Waals surface area contributed by atoms with Crippen molar-refractivity contribution < 1.29 is 14.4 Å². The minimum absolute atomic E-state index is 0.355. The highest BCUT2D eigenvalue weighted by Gasteiger charge is 2.01. The van der Waals surface area contributed by atoms with Gasteiger partial charge >= 0.3 is 5.97 Å². The van der Waals surface area contributed by atoms with Crippen LogP contribution in [0.15, 0.2) is 0 Å². The summed E-state index contributed by atoms with van der Waals surface area (Å²) in [4.78, 5) is 25.2. The highest BCUT2D eigenvalue weighted by atomic mass is 16.7. The van der Waals surface area contributed by atoms with E-state index in [-0.39, 0.29) is 5.97 Å². The van der Waals surface area contributed by atoms with Gasteiger partial charge in [-0.15, -0.1) is 0 Å². The van der Waals surface area contributed by atoms with Gasteiger partial charge < -0.3 is 4.84 Å². The Bertz CT molecular complexity index is 195. The lowest BCUT2D eigenvalue weighted by atomic mass is 10.1. The second-order valence-electron chi connectivity index (χ2n) is 4.29. The van der Waals surface area contributed by atoms with Gasteiger partial charge in [0, 0.05) is 6.42 Å². The molecular weight excluding hydrogens is 218 g/mol. The molecule has 0 saturated carbocycles. The van der Waals surface area contributed by atoms with Crippen LogP contribution in [0.2, 0.25) is 0 Å². The average molecular weight is 243 g/mol. The van der Waals surface area contributed by atoms with Crippen LogP contribution in [0.4, 0.5) is 0 Å². The zero-order chi connectivity index (χ0) is 12.8. The smallest absolute Gasteiger partial charge is 0.332 e. The number of carbonyl (C=O) groups excluding carboxylic acids is 2. The molecule has 0 rings (SSSR count). The summed E-state index contributed by atoms with van der Waals surface area (Å²) >= 11 is 0. The largest absolute Gasteiger partial charge is 0.341 e. The molecule has 0 aliphatic carbocycles. The van der Waals surface area contributed by atoms with Crippen molar-refractivity contribution >= 4 is 12.4 Å². The Morgan fingerprint density at radius 3 is 2.06 bits per heavy atom. The van der Waals surface area contributed by atoms with Crippen LogP contribution in [0, 0.1) is 0 Å². The molecule has 0 aromatic rings. The third kappa shape index (κ3) is 12.9. The molecule has 4 nitrogen and oxygen atoms in total. The van der Waals surface area contributed by atoms with E-state index < -0.39 is 0 Å². The molecule has 1 amide bonds. The molecule has 100 valence electrons.